The quantitative estimate of drug-likeness (QED) is 0.675. The van der Waals surface area contributed by atoms with Gasteiger partial charge in [0.2, 0.25) is 0 Å². The second kappa shape index (κ2) is 5.91. The first-order chi connectivity index (χ1) is 9.88. The molecule has 0 amide bonds. The molecule has 0 bridgehead atoms. The highest BCUT2D eigenvalue weighted by Gasteiger charge is 2.15. The standard InChI is InChI=1S/C16H17FN2O2/c1-10-6-11(2)14(12(3)7-10)9-18-15-5-4-13(17)8-16(15)19(20)21/h4-8,18H,9H2,1-3H3. The van der Waals surface area contributed by atoms with Crippen molar-refractivity contribution in [2.45, 2.75) is 27.3 Å². The summed E-state index contributed by atoms with van der Waals surface area (Å²) in [6.07, 6.45) is 0. The Bertz CT molecular complexity index is 676. The van der Waals surface area contributed by atoms with Gasteiger partial charge in [-0.3, -0.25) is 10.1 Å². The highest BCUT2D eigenvalue weighted by atomic mass is 19.1. The summed E-state index contributed by atoms with van der Waals surface area (Å²) in [6.45, 7) is 6.51. The van der Waals surface area contributed by atoms with E-state index in [4.69, 9.17) is 0 Å². The number of benzene rings is 2. The number of hydrogen-bond acceptors (Lipinski definition) is 3. The first-order valence-electron chi connectivity index (χ1n) is 6.63. The molecule has 0 aliphatic carbocycles. The van der Waals surface area contributed by atoms with Crippen LogP contribution in [0.1, 0.15) is 22.3 Å². The van der Waals surface area contributed by atoms with E-state index in [2.05, 4.69) is 17.4 Å². The van der Waals surface area contributed by atoms with E-state index in [9.17, 15) is 14.5 Å². The summed E-state index contributed by atoms with van der Waals surface area (Å²) in [4.78, 5) is 10.4. The third-order valence-corrected chi connectivity index (χ3v) is 3.45. The molecule has 0 unspecified atom stereocenters. The molecule has 5 heteroatoms. The summed E-state index contributed by atoms with van der Waals surface area (Å²) in [7, 11) is 0. The van der Waals surface area contributed by atoms with Gasteiger partial charge in [0.05, 0.1) is 11.0 Å². The van der Waals surface area contributed by atoms with Crippen LogP contribution in [-0.2, 0) is 6.54 Å². The molecule has 2 aromatic carbocycles. The topological polar surface area (TPSA) is 55.2 Å². The Morgan fingerprint density at radius 3 is 2.33 bits per heavy atom. The number of hydrogen-bond donors (Lipinski definition) is 1. The highest BCUT2D eigenvalue weighted by Crippen LogP contribution is 2.26. The lowest BCUT2D eigenvalue weighted by atomic mass is 10.00. The minimum absolute atomic E-state index is 0.252. The van der Waals surface area contributed by atoms with Gasteiger partial charge in [0.25, 0.3) is 5.69 Å². The van der Waals surface area contributed by atoms with Crippen LogP contribution in [0.25, 0.3) is 0 Å². The largest absolute Gasteiger partial charge is 0.375 e. The number of nitro groups is 1. The molecule has 0 radical (unpaired) electrons. The maximum Gasteiger partial charge on any atom is 0.295 e. The van der Waals surface area contributed by atoms with Crippen molar-refractivity contribution in [3.8, 4) is 0 Å². The van der Waals surface area contributed by atoms with E-state index in [1.807, 2.05) is 20.8 Å². The Labute approximate surface area is 122 Å². The molecule has 0 aliphatic rings. The lowest BCUT2D eigenvalue weighted by molar-refractivity contribution is -0.384. The first kappa shape index (κ1) is 15.0. The summed E-state index contributed by atoms with van der Waals surface area (Å²) < 4.78 is 13.1. The fourth-order valence-electron chi connectivity index (χ4n) is 2.48. The van der Waals surface area contributed by atoms with Crippen LogP contribution < -0.4 is 5.32 Å². The van der Waals surface area contributed by atoms with Gasteiger partial charge in [0.15, 0.2) is 0 Å². The van der Waals surface area contributed by atoms with Crippen molar-refractivity contribution in [3.05, 3.63) is 68.5 Å². The summed E-state index contributed by atoms with van der Waals surface area (Å²) in [6, 6.07) is 7.68. The van der Waals surface area contributed by atoms with E-state index in [0.717, 1.165) is 22.8 Å². The van der Waals surface area contributed by atoms with Gasteiger partial charge < -0.3 is 5.32 Å². The predicted octanol–water partition coefficient (Wildman–Crippen LogP) is 4.27. The Morgan fingerprint density at radius 2 is 1.76 bits per heavy atom. The third-order valence-electron chi connectivity index (χ3n) is 3.45. The molecule has 0 fully saturated rings. The molecule has 110 valence electrons. The third kappa shape index (κ3) is 3.37. The molecule has 0 atom stereocenters. The Hall–Kier alpha value is -2.43. The second-order valence-corrected chi connectivity index (χ2v) is 5.15. The Balaban J connectivity index is 2.27. The van der Waals surface area contributed by atoms with Crippen molar-refractivity contribution in [1.29, 1.82) is 0 Å². The number of aryl methyl sites for hydroxylation is 3. The van der Waals surface area contributed by atoms with Gasteiger partial charge in [-0.15, -0.1) is 0 Å². The van der Waals surface area contributed by atoms with Gasteiger partial charge in [-0.1, -0.05) is 17.7 Å². The monoisotopic (exact) mass is 288 g/mol. The molecule has 4 nitrogen and oxygen atoms in total. The molecule has 0 aliphatic heterocycles. The van der Waals surface area contributed by atoms with E-state index in [1.54, 1.807) is 0 Å². The lowest BCUT2D eigenvalue weighted by Crippen LogP contribution is -2.06. The lowest BCUT2D eigenvalue weighted by Gasteiger charge is -2.13. The number of nitrogens with zero attached hydrogens (tertiary/aromatic N) is 1. The number of nitro benzene ring substituents is 1. The fourth-order valence-corrected chi connectivity index (χ4v) is 2.48. The average molecular weight is 288 g/mol. The zero-order valence-electron chi connectivity index (χ0n) is 12.2. The van der Waals surface area contributed by atoms with Crippen LogP contribution in [0.15, 0.2) is 30.3 Å². The van der Waals surface area contributed by atoms with Gasteiger partial charge in [-0.25, -0.2) is 4.39 Å². The number of anilines is 1. The van der Waals surface area contributed by atoms with Crippen molar-refractivity contribution in [1.82, 2.24) is 0 Å². The van der Waals surface area contributed by atoms with Gasteiger partial charge in [0, 0.05) is 6.54 Å². The highest BCUT2D eigenvalue weighted by molar-refractivity contribution is 5.61. The van der Waals surface area contributed by atoms with Gasteiger partial charge in [-0.2, -0.15) is 0 Å². The van der Waals surface area contributed by atoms with Crippen LogP contribution in [-0.4, -0.2) is 4.92 Å². The van der Waals surface area contributed by atoms with Crippen LogP contribution in [0.5, 0.6) is 0 Å². The van der Waals surface area contributed by atoms with E-state index >= 15 is 0 Å². The van der Waals surface area contributed by atoms with Gasteiger partial charge in [-0.05, 0) is 49.6 Å². The van der Waals surface area contributed by atoms with Crippen molar-refractivity contribution in [2.75, 3.05) is 5.32 Å². The van der Waals surface area contributed by atoms with Crippen LogP contribution in [0, 0.1) is 36.7 Å². The number of halogens is 1. The molecule has 1 N–H and O–H groups in total. The van der Waals surface area contributed by atoms with E-state index in [-0.39, 0.29) is 5.69 Å². The molecule has 2 aromatic rings. The molecule has 0 saturated heterocycles. The molecular weight excluding hydrogens is 271 g/mol. The molecule has 21 heavy (non-hydrogen) atoms. The molecule has 0 saturated carbocycles. The van der Waals surface area contributed by atoms with E-state index in [1.165, 1.54) is 17.7 Å². The maximum atomic E-state index is 13.1. The average Bonchev–Trinajstić information content (AvgIpc) is 2.38. The predicted molar refractivity (Wildman–Crippen MR) is 81.0 cm³/mol. The second-order valence-electron chi connectivity index (χ2n) is 5.15. The van der Waals surface area contributed by atoms with Crippen molar-refractivity contribution in [3.63, 3.8) is 0 Å². The van der Waals surface area contributed by atoms with Crippen LogP contribution in [0.4, 0.5) is 15.8 Å². The molecule has 0 aromatic heterocycles. The van der Waals surface area contributed by atoms with Gasteiger partial charge in [0.1, 0.15) is 11.5 Å². The first-order valence-corrected chi connectivity index (χ1v) is 6.63. The summed E-state index contributed by atoms with van der Waals surface area (Å²) in [5.74, 6) is -0.616. The smallest absolute Gasteiger partial charge is 0.295 e. The van der Waals surface area contributed by atoms with E-state index in [0.29, 0.717) is 12.2 Å². The Morgan fingerprint density at radius 1 is 1.14 bits per heavy atom. The number of rotatable bonds is 4. The van der Waals surface area contributed by atoms with Gasteiger partial charge >= 0.3 is 0 Å². The summed E-state index contributed by atoms with van der Waals surface area (Å²) in [5, 5.41) is 14.0. The van der Waals surface area contributed by atoms with Crippen LogP contribution >= 0.6 is 0 Å². The van der Waals surface area contributed by atoms with Crippen molar-refractivity contribution < 1.29 is 9.31 Å². The summed E-state index contributed by atoms with van der Waals surface area (Å²) in [5.41, 5.74) is 4.61. The number of nitrogens with one attached hydrogen (secondary N) is 1. The van der Waals surface area contributed by atoms with E-state index < -0.39 is 10.7 Å². The molecule has 0 heterocycles. The van der Waals surface area contributed by atoms with Crippen LogP contribution in [0.3, 0.4) is 0 Å². The molecule has 0 spiro atoms. The summed E-state index contributed by atoms with van der Waals surface area (Å²) >= 11 is 0. The minimum Gasteiger partial charge on any atom is -0.375 e. The zero-order chi connectivity index (χ0) is 15.6. The van der Waals surface area contributed by atoms with Crippen molar-refractivity contribution >= 4 is 11.4 Å². The SMILES string of the molecule is Cc1cc(C)c(CNc2ccc(F)cc2[N+](=O)[O-])c(C)c1. The fraction of sp³-hybridized carbons (Fsp3) is 0.250. The molecular formula is C16H17FN2O2. The minimum atomic E-state index is -0.616. The van der Waals surface area contributed by atoms with Crippen LogP contribution in [0.2, 0.25) is 0 Å². The molecule has 2 rings (SSSR count). The zero-order valence-corrected chi connectivity index (χ0v) is 12.2. The normalized spacial score (nSPS) is 10.5. The van der Waals surface area contributed by atoms with Crippen molar-refractivity contribution in [2.24, 2.45) is 0 Å². The maximum absolute atomic E-state index is 13.1. The Kier molecular flexibility index (Phi) is 4.21.